The first-order valence-electron chi connectivity index (χ1n) is 5.26. The summed E-state index contributed by atoms with van der Waals surface area (Å²) in [5, 5.41) is 11.0. The molecule has 1 amide bonds. The predicted octanol–water partition coefficient (Wildman–Crippen LogP) is 1.12. The van der Waals surface area contributed by atoms with E-state index in [1.165, 1.54) is 6.07 Å². The summed E-state index contributed by atoms with van der Waals surface area (Å²) in [4.78, 5) is 25.9. The zero-order valence-electron chi connectivity index (χ0n) is 9.71. The molecule has 1 aromatic rings. The van der Waals surface area contributed by atoms with Gasteiger partial charge in [0.05, 0.1) is 10.5 Å². The van der Waals surface area contributed by atoms with E-state index >= 15 is 0 Å². The molecular formula is C11H13N3O3. The van der Waals surface area contributed by atoms with Gasteiger partial charge < -0.3 is 9.80 Å². The first kappa shape index (κ1) is 11.4. The second kappa shape index (κ2) is 4.04. The van der Waals surface area contributed by atoms with Gasteiger partial charge in [-0.3, -0.25) is 14.9 Å². The molecule has 0 atom stereocenters. The van der Waals surface area contributed by atoms with Gasteiger partial charge in [-0.05, 0) is 6.07 Å². The summed E-state index contributed by atoms with van der Waals surface area (Å²) in [7, 11) is 3.46. The smallest absolute Gasteiger partial charge is 0.293 e. The Kier molecular flexibility index (Phi) is 2.71. The molecule has 0 aromatic heterocycles. The zero-order chi connectivity index (χ0) is 12.6. The van der Waals surface area contributed by atoms with Crippen molar-refractivity contribution in [3.63, 3.8) is 0 Å². The Labute approximate surface area is 98.6 Å². The minimum atomic E-state index is -0.450. The van der Waals surface area contributed by atoms with Gasteiger partial charge in [-0.25, -0.2) is 0 Å². The van der Waals surface area contributed by atoms with E-state index in [9.17, 15) is 14.9 Å². The van der Waals surface area contributed by atoms with Crippen LogP contribution in [0.3, 0.4) is 0 Å². The lowest BCUT2D eigenvalue weighted by Crippen LogP contribution is -2.29. The summed E-state index contributed by atoms with van der Waals surface area (Å²) in [6.45, 7) is 1.14. The minimum Gasteiger partial charge on any atom is -0.367 e. The van der Waals surface area contributed by atoms with Crippen molar-refractivity contribution in [2.24, 2.45) is 0 Å². The highest BCUT2D eigenvalue weighted by Crippen LogP contribution is 2.33. The van der Waals surface area contributed by atoms with Crippen LogP contribution in [0.2, 0.25) is 0 Å². The molecule has 1 aromatic carbocycles. The number of anilines is 1. The Morgan fingerprint density at radius 3 is 2.53 bits per heavy atom. The quantitative estimate of drug-likeness (QED) is 0.540. The zero-order valence-corrected chi connectivity index (χ0v) is 9.71. The monoisotopic (exact) mass is 235 g/mol. The SMILES string of the molecule is CN1CCN(C)c2c(cccc2[N+](=O)[O-])C1=O. The third-order valence-corrected chi connectivity index (χ3v) is 2.94. The van der Waals surface area contributed by atoms with Crippen molar-refractivity contribution in [1.29, 1.82) is 0 Å². The van der Waals surface area contributed by atoms with Crippen molar-refractivity contribution < 1.29 is 9.72 Å². The van der Waals surface area contributed by atoms with Gasteiger partial charge in [-0.1, -0.05) is 6.07 Å². The van der Waals surface area contributed by atoms with Crippen LogP contribution in [-0.4, -0.2) is 42.9 Å². The van der Waals surface area contributed by atoms with Crippen molar-refractivity contribution in [3.05, 3.63) is 33.9 Å². The van der Waals surface area contributed by atoms with E-state index in [1.54, 1.807) is 36.0 Å². The predicted molar refractivity (Wildman–Crippen MR) is 63.3 cm³/mol. The Bertz CT molecular complexity index is 487. The van der Waals surface area contributed by atoms with Gasteiger partial charge in [0.1, 0.15) is 5.69 Å². The summed E-state index contributed by atoms with van der Waals surface area (Å²) in [5.74, 6) is -0.173. The van der Waals surface area contributed by atoms with Crippen LogP contribution in [0, 0.1) is 10.1 Å². The molecule has 0 spiro atoms. The Hall–Kier alpha value is -2.11. The number of nitro benzene ring substituents is 1. The number of fused-ring (bicyclic) bond motifs is 1. The van der Waals surface area contributed by atoms with Crippen molar-refractivity contribution in [1.82, 2.24) is 4.90 Å². The van der Waals surface area contributed by atoms with Crippen LogP contribution in [0.15, 0.2) is 18.2 Å². The van der Waals surface area contributed by atoms with E-state index in [0.717, 1.165) is 0 Å². The van der Waals surface area contributed by atoms with Gasteiger partial charge >= 0.3 is 0 Å². The fraction of sp³-hybridized carbons (Fsp3) is 0.364. The number of nitro groups is 1. The highest BCUT2D eigenvalue weighted by molar-refractivity contribution is 6.02. The van der Waals surface area contributed by atoms with Crippen LogP contribution in [0.4, 0.5) is 11.4 Å². The minimum absolute atomic E-state index is 0.0198. The fourth-order valence-electron chi connectivity index (χ4n) is 1.97. The van der Waals surface area contributed by atoms with E-state index in [0.29, 0.717) is 24.3 Å². The van der Waals surface area contributed by atoms with E-state index in [-0.39, 0.29) is 11.6 Å². The third-order valence-electron chi connectivity index (χ3n) is 2.94. The van der Waals surface area contributed by atoms with Crippen LogP contribution < -0.4 is 4.90 Å². The molecule has 2 rings (SSSR count). The number of carbonyl (C=O) groups is 1. The average molecular weight is 235 g/mol. The molecule has 6 nitrogen and oxygen atoms in total. The maximum atomic E-state index is 12.0. The molecule has 0 saturated heterocycles. The topological polar surface area (TPSA) is 66.7 Å². The summed E-state index contributed by atoms with van der Waals surface area (Å²) in [6, 6.07) is 4.60. The molecule has 0 N–H and O–H groups in total. The molecule has 6 heteroatoms. The van der Waals surface area contributed by atoms with E-state index in [2.05, 4.69) is 0 Å². The van der Waals surface area contributed by atoms with Crippen LogP contribution in [0.25, 0.3) is 0 Å². The molecule has 0 unspecified atom stereocenters. The Balaban J connectivity index is 2.66. The number of hydrogen-bond donors (Lipinski definition) is 0. The second-order valence-corrected chi connectivity index (χ2v) is 4.08. The summed E-state index contributed by atoms with van der Waals surface area (Å²) in [5.41, 5.74) is 0.780. The number of hydrogen-bond acceptors (Lipinski definition) is 4. The van der Waals surface area contributed by atoms with Crippen LogP contribution in [0.1, 0.15) is 10.4 Å². The van der Waals surface area contributed by atoms with Crippen LogP contribution in [-0.2, 0) is 0 Å². The number of benzene rings is 1. The maximum Gasteiger partial charge on any atom is 0.293 e. The molecule has 0 saturated carbocycles. The summed E-state index contributed by atoms with van der Waals surface area (Å²) >= 11 is 0. The molecule has 0 aliphatic carbocycles. The van der Waals surface area contributed by atoms with E-state index < -0.39 is 4.92 Å². The molecule has 0 fully saturated rings. The van der Waals surface area contributed by atoms with Crippen molar-refractivity contribution >= 4 is 17.3 Å². The number of amides is 1. The molecule has 0 bridgehead atoms. The average Bonchev–Trinajstić information content (AvgIpc) is 2.42. The summed E-state index contributed by atoms with van der Waals surface area (Å²) in [6.07, 6.45) is 0. The third kappa shape index (κ3) is 1.82. The van der Waals surface area contributed by atoms with Gasteiger partial charge in [0, 0.05) is 33.3 Å². The normalized spacial score (nSPS) is 15.5. The maximum absolute atomic E-state index is 12.0. The number of para-hydroxylation sites is 1. The number of carbonyl (C=O) groups excluding carboxylic acids is 1. The van der Waals surface area contributed by atoms with Gasteiger partial charge in [0.2, 0.25) is 0 Å². The van der Waals surface area contributed by atoms with E-state index in [1.807, 2.05) is 0 Å². The largest absolute Gasteiger partial charge is 0.367 e. The lowest BCUT2D eigenvalue weighted by atomic mass is 10.1. The molecule has 0 radical (unpaired) electrons. The van der Waals surface area contributed by atoms with Gasteiger partial charge in [0.25, 0.3) is 11.6 Å². The molecule has 1 heterocycles. The van der Waals surface area contributed by atoms with Gasteiger partial charge in [-0.2, -0.15) is 0 Å². The van der Waals surface area contributed by atoms with E-state index in [4.69, 9.17) is 0 Å². The molecule has 17 heavy (non-hydrogen) atoms. The van der Waals surface area contributed by atoms with Crippen molar-refractivity contribution in [2.45, 2.75) is 0 Å². The highest BCUT2D eigenvalue weighted by atomic mass is 16.6. The number of rotatable bonds is 1. The van der Waals surface area contributed by atoms with Crippen molar-refractivity contribution in [2.75, 3.05) is 32.1 Å². The Morgan fingerprint density at radius 2 is 1.88 bits per heavy atom. The summed E-state index contributed by atoms with van der Waals surface area (Å²) < 4.78 is 0. The first-order chi connectivity index (χ1) is 8.02. The van der Waals surface area contributed by atoms with Gasteiger partial charge in [0.15, 0.2) is 0 Å². The van der Waals surface area contributed by atoms with Crippen LogP contribution >= 0.6 is 0 Å². The molecule has 1 aliphatic heterocycles. The number of nitrogens with zero attached hydrogens (tertiary/aromatic N) is 3. The first-order valence-corrected chi connectivity index (χ1v) is 5.26. The molecule has 90 valence electrons. The number of likely N-dealkylation sites (N-methyl/N-ethyl adjacent to an activating group) is 2. The fourth-order valence-corrected chi connectivity index (χ4v) is 1.97. The van der Waals surface area contributed by atoms with Gasteiger partial charge in [-0.15, -0.1) is 0 Å². The standard InChI is InChI=1S/C11H13N3O3/c1-12-6-7-13(2)11(15)8-4-3-5-9(10(8)12)14(16)17/h3-5H,6-7H2,1-2H3. The lowest BCUT2D eigenvalue weighted by molar-refractivity contribution is -0.384. The Morgan fingerprint density at radius 1 is 1.24 bits per heavy atom. The molecular weight excluding hydrogens is 222 g/mol. The van der Waals surface area contributed by atoms with Crippen LogP contribution in [0.5, 0.6) is 0 Å². The highest BCUT2D eigenvalue weighted by Gasteiger charge is 2.28. The van der Waals surface area contributed by atoms with Crippen molar-refractivity contribution in [3.8, 4) is 0 Å². The lowest BCUT2D eigenvalue weighted by Gasteiger charge is -2.17. The molecule has 1 aliphatic rings. The second-order valence-electron chi connectivity index (χ2n) is 4.08.